The van der Waals surface area contributed by atoms with Crippen molar-refractivity contribution in [3.63, 3.8) is 0 Å². The molecule has 1 heterocycles. The number of hydrogen-bond donors (Lipinski definition) is 5. The second-order valence-corrected chi connectivity index (χ2v) is 7.31. The number of ether oxygens (including phenoxy) is 1. The SMILES string of the molecule is C=CCS[C@H]1O[C@H](C(N)C(C)(C)CC=C)[C@H](O)[C@H](O)[C@H]1O.O=CO. The minimum Gasteiger partial charge on any atom is -0.483 e. The van der Waals surface area contributed by atoms with E-state index in [0.29, 0.717) is 12.2 Å². The third kappa shape index (κ3) is 6.19. The van der Waals surface area contributed by atoms with Gasteiger partial charge in [0.15, 0.2) is 0 Å². The maximum Gasteiger partial charge on any atom is 0.290 e. The molecule has 1 saturated heterocycles. The summed E-state index contributed by atoms with van der Waals surface area (Å²) in [5.74, 6) is 0.572. The third-order valence-corrected chi connectivity index (χ3v) is 5.06. The lowest BCUT2D eigenvalue weighted by Gasteiger charge is -2.46. The van der Waals surface area contributed by atoms with Gasteiger partial charge in [0, 0.05) is 11.8 Å². The first-order valence-corrected chi connectivity index (χ1v) is 8.59. The van der Waals surface area contributed by atoms with Crippen molar-refractivity contribution in [3.05, 3.63) is 25.3 Å². The van der Waals surface area contributed by atoms with Crippen LogP contribution in [0.1, 0.15) is 20.3 Å². The number of nitrogens with two attached hydrogens (primary N) is 1. The van der Waals surface area contributed by atoms with Gasteiger partial charge in [-0.25, -0.2) is 0 Å². The van der Waals surface area contributed by atoms with Gasteiger partial charge in [-0.1, -0.05) is 26.0 Å². The van der Waals surface area contributed by atoms with Gasteiger partial charge in [-0.15, -0.1) is 24.9 Å². The Kier molecular flexibility index (Phi) is 10.5. The maximum atomic E-state index is 10.2. The lowest BCUT2D eigenvalue weighted by atomic mass is 9.76. The summed E-state index contributed by atoms with van der Waals surface area (Å²) in [6, 6.07) is -0.500. The number of carbonyl (C=O) groups is 1. The Morgan fingerprint density at radius 1 is 1.21 bits per heavy atom. The van der Waals surface area contributed by atoms with Gasteiger partial charge in [-0.2, -0.15) is 0 Å². The molecule has 1 aliphatic rings. The molecular formula is C16H29NO6S. The van der Waals surface area contributed by atoms with E-state index in [2.05, 4.69) is 13.2 Å². The van der Waals surface area contributed by atoms with Crippen LogP contribution in [-0.4, -0.2) is 68.5 Å². The molecule has 7 nitrogen and oxygen atoms in total. The Balaban J connectivity index is 0.00000163. The molecule has 0 bridgehead atoms. The average Bonchev–Trinajstić information content (AvgIpc) is 2.52. The van der Waals surface area contributed by atoms with Gasteiger partial charge in [-0.3, -0.25) is 4.79 Å². The number of allylic oxidation sites excluding steroid dienone is 1. The zero-order valence-electron chi connectivity index (χ0n) is 14.1. The Morgan fingerprint density at radius 3 is 2.21 bits per heavy atom. The smallest absolute Gasteiger partial charge is 0.290 e. The van der Waals surface area contributed by atoms with Gasteiger partial charge in [0.2, 0.25) is 0 Å². The van der Waals surface area contributed by atoms with E-state index in [0.717, 1.165) is 0 Å². The molecule has 0 amide bonds. The summed E-state index contributed by atoms with van der Waals surface area (Å²) in [5.41, 5.74) is 5.26. The second-order valence-electron chi connectivity index (χ2n) is 6.18. The highest BCUT2D eigenvalue weighted by molar-refractivity contribution is 7.99. The molecule has 6 atom stereocenters. The van der Waals surface area contributed by atoms with Gasteiger partial charge >= 0.3 is 0 Å². The van der Waals surface area contributed by atoms with Crippen LogP contribution in [0.5, 0.6) is 0 Å². The van der Waals surface area contributed by atoms with Crippen LogP contribution < -0.4 is 5.73 Å². The Labute approximate surface area is 147 Å². The van der Waals surface area contributed by atoms with Crippen molar-refractivity contribution >= 4 is 18.2 Å². The molecule has 0 radical (unpaired) electrons. The molecule has 0 aromatic heterocycles. The van der Waals surface area contributed by atoms with E-state index in [1.54, 1.807) is 12.2 Å². The van der Waals surface area contributed by atoms with Crippen LogP contribution in [0.2, 0.25) is 0 Å². The lowest BCUT2D eigenvalue weighted by Crippen LogP contribution is -2.64. The number of rotatable bonds is 7. The van der Waals surface area contributed by atoms with Crippen molar-refractivity contribution in [1.29, 1.82) is 0 Å². The van der Waals surface area contributed by atoms with Crippen LogP contribution in [0.15, 0.2) is 25.3 Å². The lowest BCUT2D eigenvalue weighted by molar-refractivity contribution is -0.209. The van der Waals surface area contributed by atoms with Gasteiger partial charge < -0.3 is 30.9 Å². The fraction of sp³-hybridized carbons (Fsp3) is 0.688. The minimum absolute atomic E-state index is 0.250. The predicted molar refractivity (Wildman–Crippen MR) is 94.6 cm³/mol. The van der Waals surface area contributed by atoms with Crippen molar-refractivity contribution in [1.82, 2.24) is 0 Å². The average molecular weight is 363 g/mol. The summed E-state index contributed by atoms with van der Waals surface area (Å²) in [5, 5.41) is 37.1. The molecule has 24 heavy (non-hydrogen) atoms. The third-order valence-electron chi connectivity index (χ3n) is 3.91. The van der Waals surface area contributed by atoms with E-state index in [1.165, 1.54) is 11.8 Å². The van der Waals surface area contributed by atoms with Crippen molar-refractivity contribution < 1.29 is 30.0 Å². The zero-order valence-corrected chi connectivity index (χ0v) is 14.9. The van der Waals surface area contributed by atoms with E-state index in [1.807, 2.05) is 13.8 Å². The molecule has 1 rings (SSSR count). The highest BCUT2D eigenvalue weighted by Crippen LogP contribution is 2.35. The van der Waals surface area contributed by atoms with Crippen LogP contribution >= 0.6 is 11.8 Å². The first-order valence-electron chi connectivity index (χ1n) is 7.54. The Hall–Kier alpha value is -0.900. The molecule has 0 aliphatic carbocycles. The molecule has 6 N–H and O–H groups in total. The first kappa shape index (κ1) is 23.1. The molecule has 0 aromatic rings. The highest BCUT2D eigenvalue weighted by Gasteiger charge is 2.48. The largest absolute Gasteiger partial charge is 0.483 e. The van der Waals surface area contributed by atoms with E-state index < -0.39 is 35.9 Å². The molecule has 1 unspecified atom stereocenters. The minimum atomic E-state index is -1.28. The van der Waals surface area contributed by atoms with Gasteiger partial charge in [0.05, 0.1) is 0 Å². The molecule has 0 saturated carbocycles. The Bertz CT molecular complexity index is 406. The summed E-state index contributed by atoms with van der Waals surface area (Å²) < 4.78 is 5.77. The number of thioether (sulfide) groups is 1. The van der Waals surface area contributed by atoms with E-state index in [9.17, 15) is 15.3 Å². The first-order chi connectivity index (χ1) is 11.2. The molecule has 140 valence electrons. The summed E-state index contributed by atoms with van der Waals surface area (Å²) >= 11 is 1.32. The number of hydrogen-bond acceptors (Lipinski definition) is 7. The Morgan fingerprint density at radius 2 is 1.75 bits per heavy atom. The van der Waals surface area contributed by atoms with Crippen LogP contribution in [0.25, 0.3) is 0 Å². The summed E-state index contributed by atoms with van der Waals surface area (Å²) in [7, 11) is 0. The topological polar surface area (TPSA) is 133 Å². The van der Waals surface area contributed by atoms with Crippen molar-refractivity contribution in [2.45, 2.75) is 56.2 Å². The fourth-order valence-electron chi connectivity index (χ4n) is 2.42. The van der Waals surface area contributed by atoms with E-state index >= 15 is 0 Å². The monoisotopic (exact) mass is 363 g/mol. The van der Waals surface area contributed by atoms with Crippen LogP contribution in [0.3, 0.4) is 0 Å². The van der Waals surface area contributed by atoms with Crippen LogP contribution in [-0.2, 0) is 9.53 Å². The quantitative estimate of drug-likeness (QED) is 0.323. The van der Waals surface area contributed by atoms with Gasteiger partial charge in [0.25, 0.3) is 6.47 Å². The normalized spacial score (nSPS) is 31.3. The fourth-order valence-corrected chi connectivity index (χ4v) is 3.31. The second kappa shape index (κ2) is 10.9. The molecule has 1 fully saturated rings. The standard InChI is InChI=1S/C15H27NO4S.CH2O2/c1-5-7-15(3,4)13(16)12-10(18)9(17)11(19)14(20-12)21-8-6-2;2-1-3/h5-6,9-14,17-19H,1-2,7-8,16H2,3-4H3;1H,(H,2,3)/t9-,10+,11+,12-,13?,14+;/m0./s1. The van der Waals surface area contributed by atoms with Gasteiger partial charge in [0.1, 0.15) is 29.9 Å². The van der Waals surface area contributed by atoms with Crippen LogP contribution in [0.4, 0.5) is 0 Å². The van der Waals surface area contributed by atoms with Crippen molar-refractivity contribution in [2.24, 2.45) is 11.1 Å². The number of aliphatic hydroxyl groups is 3. The molecular weight excluding hydrogens is 334 g/mol. The highest BCUT2D eigenvalue weighted by atomic mass is 32.2. The molecule has 8 heteroatoms. The summed E-state index contributed by atoms with van der Waals surface area (Å²) in [4.78, 5) is 8.36. The van der Waals surface area contributed by atoms with E-state index in [4.69, 9.17) is 20.4 Å². The summed E-state index contributed by atoms with van der Waals surface area (Å²) in [6.07, 6.45) is -0.295. The summed E-state index contributed by atoms with van der Waals surface area (Å²) in [6.45, 7) is 11.0. The van der Waals surface area contributed by atoms with Crippen molar-refractivity contribution in [2.75, 3.05) is 5.75 Å². The molecule has 0 aromatic carbocycles. The van der Waals surface area contributed by atoms with Crippen molar-refractivity contribution in [3.8, 4) is 0 Å². The van der Waals surface area contributed by atoms with E-state index in [-0.39, 0.29) is 11.9 Å². The zero-order chi connectivity index (χ0) is 18.9. The molecule has 0 spiro atoms. The predicted octanol–water partition coefficient (Wildman–Crippen LogP) is 0.344. The molecule has 1 aliphatic heterocycles. The van der Waals surface area contributed by atoms with Gasteiger partial charge in [-0.05, 0) is 11.8 Å². The number of aliphatic hydroxyl groups excluding tert-OH is 3. The maximum absolute atomic E-state index is 10.2. The number of carboxylic acid groups (broad SMARTS) is 1. The van der Waals surface area contributed by atoms with Crippen LogP contribution in [0, 0.1) is 5.41 Å².